The van der Waals surface area contributed by atoms with Crippen molar-refractivity contribution in [1.82, 2.24) is 9.97 Å². The summed E-state index contributed by atoms with van der Waals surface area (Å²) in [4.78, 5) is 14.0. The third-order valence-electron chi connectivity index (χ3n) is 8.71. The Kier molecular flexibility index (Phi) is 5.26. The van der Waals surface area contributed by atoms with Gasteiger partial charge in [0.15, 0.2) is 5.82 Å². The van der Waals surface area contributed by atoms with Crippen LogP contribution in [0.4, 0.5) is 11.4 Å². The van der Waals surface area contributed by atoms with Gasteiger partial charge in [-0.1, -0.05) is 84.6 Å². The lowest BCUT2D eigenvalue weighted by molar-refractivity contribution is 0.747. The van der Waals surface area contributed by atoms with E-state index < -0.39 is 0 Å². The van der Waals surface area contributed by atoms with E-state index >= 15 is 0 Å². The van der Waals surface area contributed by atoms with Crippen LogP contribution in [0.5, 0.6) is 0 Å². The molecule has 1 aliphatic carbocycles. The summed E-state index contributed by atoms with van der Waals surface area (Å²) in [7, 11) is 0. The minimum absolute atomic E-state index is 0.221. The molecule has 3 heterocycles. The van der Waals surface area contributed by atoms with E-state index in [4.69, 9.17) is 0 Å². The van der Waals surface area contributed by atoms with E-state index in [2.05, 4.69) is 136 Å². The van der Waals surface area contributed by atoms with Gasteiger partial charge in [-0.05, 0) is 87.8 Å². The molecule has 5 aromatic carbocycles. The first-order chi connectivity index (χ1) is 20.8. The highest BCUT2D eigenvalue weighted by Crippen LogP contribution is 2.51. The maximum atomic E-state index is 4.42. The van der Waals surface area contributed by atoms with Crippen LogP contribution < -0.4 is 4.90 Å². The van der Waals surface area contributed by atoms with Crippen molar-refractivity contribution in [2.24, 2.45) is 0 Å². The molecule has 0 amide bonds. The fraction of sp³-hybridized carbons (Fsp3) is 0.0526. The summed E-state index contributed by atoms with van der Waals surface area (Å²) < 4.78 is 0. The standard InChI is InChI=1S/C38H25N3S/c1-2-10-33-29(8-1)31-22-26(14-18-34(31)41(33)28-16-12-25(13-17-28)38-39-20-5-21-40-38)27-15-19-35-32(23-27)30-9-3-6-24-7-4-11-36(42-35)37(24)30/h1-23,31,34H. The van der Waals surface area contributed by atoms with E-state index in [1.807, 2.05) is 17.8 Å². The third-order valence-corrected chi connectivity index (χ3v) is 9.85. The number of anilines is 2. The average Bonchev–Trinajstić information content (AvgIpc) is 3.39. The van der Waals surface area contributed by atoms with Gasteiger partial charge in [-0.25, -0.2) is 9.97 Å². The summed E-state index contributed by atoms with van der Waals surface area (Å²) in [5.74, 6) is 1.02. The molecule has 1 aromatic heterocycles. The number of para-hydroxylation sites is 1. The quantitative estimate of drug-likeness (QED) is 0.217. The summed E-state index contributed by atoms with van der Waals surface area (Å²) in [6, 6.07) is 39.8. The first-order valence-corrected chi connectivity index (χ1v) is 15.1. The maximum absolute atomic E-state index is 4.42. The number of benzene rings is 5. The van der Waals surface area contributed by atoms with E-state index in [1.54, 1.807) is 12.4 Å². The summed E-state index contributed by atoms with van der Waals surface area (Å²) in [5.41, 5.74) is 10.0. The molecule has 2 atom stereocenters. The Balaban J connectivity index is 1.09. The highest BCUT2D eigenvalue weighted by Gasteiger charge is 2.38. The minimum atomic E-state index is 0.221. The molecule has 42 heavy (non-hydrogen) atoms. The number of fused-ring (bicyclic) bond motifs is 5. The number of rotatable bonds is 3. The van der Waals surface area contributed by atoms with Crippen molar-refractivity contribution < 1.29 is 0 Å². The number of allylic oxidation sites excluding steroid dienone is 2. The van der Waals surface area contributed by atoms with Crippen molar-refractivity contribution in [2.75, 3.05) is 4.90 Å². The minimum Gasteiger partial charge on any atom is -0.333 e. The highest BCUT2D eigenvalue weighted by atomic mass is 32.2. The second-order valence-electron chi connectivity index (χ2n) is 11.0. The smallest absolute Gasteiger partial charge is 0.159 e. The second kappa shape index (κ2) is 9.30. The monoisotopic (exact) mass is 555 g/mol. The van der Waals surface area contributed by atoms with Crippen LogP contribution in [0.2, 0.25) is 0 Å². The number of nitrogens with zero attached hydrogens (tertiary/aromatic N) is 3. The SMILES string of the molecule is C1=CC2C(C=C1c1ccc3c(c1)-c1cccc4cccc(c14)S3)c1ccccc1N2c1ccc(-c2ncccn2)cc1. The van der Waals surface area contributed by atoms with Crippen LogP contribution >= 0.6 is 11.8 Å². The van der Waals surface area contributed by atoms with Gasteiger partial charge >= 0.3 is 0 Å². The second-order valence-corrected chi connectivity index (χ2v) is 12.1. The van der Waals surface area contributed by atoms with Crippen molar-refractivity contribution in [1.29, 1.82) is 0 Å². The van der Waals surface area contributed by atoms with E-state index in [-0.39, 0.29) is 12.0 Å². The molecule has 0 spiro atoms. The van der Waals surface area contributed by atoms with Crippen LogP contribution in [0.1, 0.15) is 17.0 Å². The van der Waals surface area contributed by atoms with Gasteiger partial charge in [0.1, 0.15) is 0 Å². The molecule has 0 bridgehead atoms. The van der Waals surface area contributed by atoms with Gasteiger partial charge in [-0.2, -0.15) is 0 Å². The number of hydrogen-bond acceptors (Lipinski definition) is 4. The van der Waals surface area contributed by atoms with Crippen molar-refractivity contribution in [3.63, 3.8) is 0 Å². The van der Waals surface area contributed by atoms with E-state index in [0.717, 1.165) is 11.4 Å². The Labute approximate surface area is 248 Å². The maximum Gasteiger partial charge on any atom is 0.159 e. The Morgan fingerprint density at radius 2 is 1.48 bits per heavy atom. The summed E-state index contributed by atoms with van der Waals surface area (Å²) in [5, 5.41) is 2.67. The predicted molar refractivity (Wildman–Crippen MR) is 173 cm³/mol. The molecule has 0 fully saturated rings. The molecular formula is C38H25N3S. The number of hydrogen-bond donors (Lipinski definition) is 0. The Bertz CT molecular complexity index is 2070. The van der Waals surface area contributed by atoms with Gasteiger partial charge in [-0.15, -0.1) is 0 Å². The summed E-state index contributed by atoms with van der Waals surface area (Å²) in [6.07, 6.45) is 10.8. The van der Waals surface area contributed by atoms with E-state index in [1.165, 1.54) is 59.8 Å². The molecule has 0 saturated carbocycles. The van der Waals surface area contributed by atoms with E-state index in [9.17, 15) is 0 Å². The van der Waals surface area contributed by atoms with Gasteiger partial charge < -0.3 is 4.90 Å². The molecule has 3 nitrogen and oxygen atoms in total. The van der Waals surface area contributed by atoms with Crippen LogP contribution in [0.25, 0.3) is 38.9 Å². The van der Waals surface area contributed by atoms with Gasteiger partial charge in [0.25, 0.3) is 0 Å². The molecule has 0 radical (unpaired) electrons. The zero-order valence-electron chi connectivity index (χ0n) is 22.7. The van der Waals surface area contributed by atoms with Crippen LogP contribution in [-0.4, -0.2) is 16.0 Å². The molecule has 0 N–H and O–H groups in total. The zero-order chi connectivity index (χ0) is 27.6. The van der Waals surface area contributed by atoms with Crippen LogP contribution in [0.15, 0.2) is 150 Å². The molecular weight excluding hydrogens is 531 g/mol. The lowest BCUT2D eigenvalue weighted by Crippen LogP contribution is -2.28. The Hall–Kier alpha value is -4.93. The molecule has 2 aliphatic heterocycles. The number of aromatic nitrogens is 2. The largest absolute Gasteiger partial charge is 0.333 e. The molecule has 3 aliphatic rings. The normalized spacial score (nSPS) is 17.9. The topological polar surface area (TPSA) is 29.0 Å². The van der Waals surface area contributed by atoms with E-state index in [0.29, 0.717) is 0 Å². The van der Waals surface area contributed by atoms with Gasteiger partial charge in [0, 0.05) is 50.4 Å². The van der Waals surface area contributed by atoms with Crippen LogP contribution in [-0.2, 0) is 0 Å². The van der Waals surface area contributed by atoms with Gasteiger partial charge in [0.2, 0.25) is 0 Å². The van der Waals surface area contributed by atoms with Gasteiger partial charge in [0.05, 0.1) is 6.04 Å². The Morgan fingerprint density at radius 1 is 0.667 bits per heavy atom. The molecule has 0 saturated heterocycles. The molecule has 9 rings (SSSR count). The predicted octanol–water partition coefficient (Wildman–Crippen LogP) is 9.69. The highest BCUT2D eigenvalue weighted by molar-refractivity contribution is 7.99. The van der Waals surface area contributed by atoms with Crippen molar-refractivity contribution in [3.8, 4) is 22.5 Å². The lowest BCUT2D eigenvalue weighted by atomic mass is 9.85. The van der Waals surface area contributed by atoms with Crippen molar-refractivity contribution >= 4 is 39.5 Å². The van der Waals surface area contributed by atoms with Gasteiger partial charge in [-0.3, -0.25) is 0 Å². The average molecular weight is 556 g/mol. The van der Waals surface area contributed by atoms with Crippen LogP contribution in [0, 0.1) is 0 Å². The third kappa shape index (κ3) is 3.62. The van der Waals surface area contributed by atoms with Crippen molar-refractivity contribution in [2.45, 2.75) is 21.8 Å². The molecule has 2 unspecified atom stereocenters. The zero-order valence-corrected chi connectivity index (χ0v) is 23.5. The summed E-state index contributed by atoms with van der Waals surface area (Å²) in [6.45, 7) is 0. The fourth-order valence-electron chi connectivity index (χ4n) is 6.81. The van der Waals surface area contributed by atoms with Crippen molar-refractivity contribution in [3.05, 3.63) is 151 Å². The first-order valence-electron chi connectivity index (χ1n) is 14.3. The van der Waals surface area contributed by atoms with Crippen LogP contribution in [0.3, 0.4) is 0 Å². The first kappa shape index (κ1) is 23.7. The summed E-state index contributed by atoms with van der Waals surface area (Å²) >= 11 is 1.88. The Morgan fingerprint density at radius 3 is 2.36 bits per heavy atom. The molecule has 6 aromatic rings. The molecule has 198 valence electrons. The lowest BCUT2D eigenvalue weighted by Gasteiger charge is -2.30. The fourth-order valence-corrected chi connectivity index (χ4v) is 7.93. The molecule has 4 heteroatoms.